The summed E-state index contributed by atoms with van der Waals surface area (Å²) in [5.41, 5.74) is 11.3. The number of rotatable bonds is 14. The van der Waals surface area contributed by atoms with Gasteiger partial charge in [-0.05, 0) is 103 Å². The van der Waals surface area contributed by atoms with E-state index < -0.39 is 42.3 Å². The smallest absolute Gasteiger partial charge is 0.314 e. The zero-order valence-corrected chi connectivity index (χ0v) is 24.5. The van der Waals surface area contributed by atoms with E-state index >= 15 is 0 Å². The second-order valence-corrected chi connectivity index (χ2v) is 29.6. The van der Waals surface area contributed by atoms with Crippen LogP contribution < -0.4 is 11.5 Å². The van der Waals surface area contributed by atoms with Gasteiger partial charge >= 0.3 is 25.7 Å². The largest absolute Gasteiger partial charge is 0.436 e. The van der Waals surface area contributed by atoms with Gasteiger partial charge in [0.15, 0.2) is 16.6 Å². The molecule has 0 unspecified atom stereocenters. The van der Waals surface area contributed by atoms with Crippen molar-refractivity contribution in [2.45, 2.75) is 90.4 Å². The van der Waals surface area contributed by atoms with E-state index in [9.17, 15) is 0 Å². The van der Waals surface area contributed by atoms with E-state index in [-0.39, 0.29) is 0 Å². The predicted octanol–water partition coefficient (Wildman–Crippen LogP) is 4.27. The van der Waals surface area contributed by atoms with Gasteiger partial charge in [-0.25, -0.2) is 0 Å². The third-order valence-corrected chi connectivity index (χ3v) is 23.3. The molecular weight excluding hydrogens is 425 g/mol. The van der Waals surface area contributed by atoms with Crippen molar-refractivity contribution in [3.63, 3.8) is 0 Å². The van der Waals surface area contributed by atoms with Crippen LogP contribution in [0.25, 0.3) is 0 Å². The second kappa shape index (κ2) is 10.7. The molecule has 0 heterocycles. The van der Waals surface area contributed by atoms with Crippen LogP contribution in [-0.4, -0.2) is 55.4 Å². The first-order chi connectivity index (χ1) is 11.9. The summed E-state index contributed by atoms with van der Waals surface area (Å²) < 4.78 is 26.2. The molecule has 0 radical (unpaired) electrons. The Morgan fingerprint density at radius 3 is 1.00 bits per heavy atom. The summed E-state index contributed by atoms with van der Waals surface area (Å²) in [6.45, 7) is 23.2. The van der Waals surface area contributed by atoms with E-state index in [4.69, 9.17) is 27.9 Å². The van der Waals surface area contributed by atoms with E-state index in [1.807, 2.05) is 0 Å². The van der Waals surface area contributed by atoms with Crippen molar-refractivity contribution >= 4 is 42.3 Å². The molecule has 0 aromatic carbocycles. The number of hydrogen-bond acceptors (Lipinski definition) is 6. The lowest BCUT2D eigenvalue weighted by Gasteiger charge is -2.42. The van der Waals surface area contributed by atoms with Crippen LogP contribution in [-0.2, 0) is 16.5 Å². The average molecular weight is 471 g/mol. The minimum Gasteiger partial charge on any atom is -0.436 e. The van der Waals surface area contributed by atoms with Crippen LogP contribution in [0.4, 0.5) is 0 Å². The molecule has 0 saturated heterocycles. The van der Waals surface area contributed by atoms with Crippen molar-refractivity contribution in [2.24, 2.45) is 11.5 Å². The van der Waals surface area contributed by atoms with Gasteiger partial charge in [0.25, 0.3) is 0 Å². The van der Waals surface area contributed by atoms with Crippen LogP contribution in [0.15, 0.2) is 0 Å². The number of hydrogen-bond donors (Lipinski definition) is 2. The molecular formula is C16H46N2O4Si5. The first-order valence-electron chi connectivity index (χ1n) is 10.2. The summed E-state index contributed by atoms with van der Waals surface area (Å²) >= 11 is 0. The predicted molar refractivity (Wildman–Crippen MR) is 129 cm³/mol. The van der Waals surface area contributed by atoms with Gasteiger partial charge in [0.1, 0.15) is 0 Å². The molecule has 4 N–H and O–H groups in total. The van der Waals surface area contributed by atoms with E-state index in [2.05, 4.69) is 65.5 Å². The van der Waals surface area contributed by atoms with Gasteiger partial charge in [-0.3, -0.25) is 0 Å². The van der Waals surface area contributed by atoms with Gasteiger partial charge in [-0.2, -0.15) is 0 Å². The SMILES string of the molecule is C[Si](C)(CCCN)O[Si](C)(C)O[Si](C)(C)O[Si](C)(C)O[Si](C)(C)CCCN. The monoisotopic (exact) mass is 470 g/mol. The highest BCUT2D eigenvalue weighted by Gasteiger charge is 2.45. The lowest BCUT2D eigenvalue weighted by atomic mass is 10.5. The van der Waals surface area contributed by atoms with Crippen LogP contribution in [0.3, 0.4) is 0 Å². The summed E-state index contributed by atoms with van der Waals surface area (Å²) in [4.78, 5) is 0. The van der Waals surface area contributed by atoms with E-state index in [0.717, 1.165) is 24.9 Å². The van der Waals surface area contributed by atoms with Gasteiger partial charge < -0.3 is 27.9 Å². The summed E-state index contributed by atoms with van der Waals surface area (Å²) in [5.74, 6) is 0. The van der Waals surface area contributed by atoms with Crippen molar-refractivity contribution in [1.82, 2.24) is 0 Å². The normalized spacial score (nSPS) is 14.7. The molecule has 0 aromatic heterocycles. The molecule has 0 aliphatic carbocycles. The van der Waals surface area contributed by atoms with Crippen LogP contribution in [0.1, 0.15) is 12.8 Å². The molecule has 0 aliphatic heterocycles. The van der Waals surface area contributed by atoms with Gasteiger partial charge in [0.2, 0.25) is 0 Å². The fourth-order valence-electron chi connectivity index (χ4n) is 3.73. The van der Waals surface area contributed by atoms with Crippen LogP contribution in [0.2, 0.25) is 77.6 Å². The van der Waals surface area contributed by atoms with Gasteiger partial charge in [0, 0.05) is 0 Å². The average Bonchev–Trinajstić information content (AvgIpc) is 2.37. The van der Waals surface area contributed by atoms with Crippen LogP contribution in [0, 0.1) is 0 Å². The van der Waals surface area contributed by atoms with Crippen molar-refractivity contribution in [3.8, 4) is 0 Å². The molecule has 0 fully saturated rings. The summed E-state index contributed by atoms with van der Waals surface area (Å²) in [6, 6.07) is 2.13. The first kappa shape index (κ1) is 27.8. The highest BCUT2D eigenvalue weighted by Crippen LogP contribution is 2.28. The second-order valence-electron chi connectivity index (χ2n) is 9.91. The van der Waals surface area contributed by atoms with Crippen LogP contribution >= 0.6 is 0 Å². The highest BCUT2D eigenvalue weighted by molar-refractivity contribution is 6.90. The fourth-order valence-corrected chi connectivity index (χ4v) is 28.4. The lowest BCUT2D eigenvalue weighted by Crippen LogP contribution is -2.58. The highest BCUT2D eigenvalue weighted by atomic mass is 28.5. The van der Waals surface area contributed by atoms with E-state index in [1.54, 1.807) is 0 Å². The Bertz CT molecular complexity index is 411. The van der Waals surface area contributed by atoms with Gasteiger partial charge in [0.05, 0.1) is 0 Å². The molecule has 0 aromatic rings. The Kier molecular flexibility index (Phi) is 11.1. The molecule has 164 valence electrons. The molecule has 0 bridgehead atoms. The first-order valence-corrected chi connectivity index (χ1v) is 24.8. The fraction of sp³-hybridized carbons (Fsp3) is 1.00. The molecule has 0 aliphatic rings. The molecule has 11 heteroatoms. The number of nitrogens with two attached hydrogens (primary N) is 2. The topological polar surface area (TPSA) is 89.0 Å². The Balaban J connectivity index is 4.93. The zero-order valence-electron chi connectivity index (χ0n) is 19.5. The Labute approximate surface area is 173 Å². The van der Waals surface area contributed by atoms with E-state index in [0.29, 0.717) is 13.1 Å². The zero-order chi connectivity index (χ0) is 21.6. The van der Waals surface area contributed by atoms with Crippen molar-refractivity contribution in [1.29, 1.82) is 0 Å². The maximum Gasteiger partial charge on any atom is 0.314 e. The molecule has 0 saturated carbocycles. The molecule has 27 heavy (non-hydrogen) atoms. The molecule has 0 amide bonds. The third kappa shape index (κ3) is 13.6. The van der Waals surface area contributed by atoms with Crippen LogP contribution in [0.5, 0.6) is 0 Å². The van der Waals surface area contributed by atoms with Gasteiger partial charge in [-0.1, -0.05) is 0 Å². The van der Waals surface area contributed by atoms with Gasteiger partial charge in [-0.15, -0.1) is 0 Å². The minimum absolute atomic E-state index is 0.715. The molecule has 6 nitrogen and oxygen atoms in total. The lowest BCUT2D eigenvalue weighted by molar-refractivity contribution is 0.298. The summed E-state index contributed by atoms with van der Waals surface area (Å²) in [7, 11) is -10.5. The minimum atomic E-state index is -2.37. The summed E-state index contributed by atoms with van der Waals surface area (Å²) in [5, 5.41) is 0. The summed E-state index contributed by atoms with van der Waals surface area (Å²) in [6.07, 6.45) is 2.02. The Morgan fingerprint density at radius 1 is 0.481 bits per heavy atom. The molecule has 0 spiro atoms. The van der Waals surface area contributed by atoms with E-state index in [1.165, 1.54) is 0 Å². The van der Waals surface area contributed by atoms with Crippen molar-refractivity contribution in [2.75, 3.05) is 13.1 Å². The third-order valence-electron chi connectivity index (χ3n) is 3.99. The quantitative estimate of drug-likeness (QED) is 0.369. The Hall–Kier alpha value is 0.844. The van der Waals surface area contributed by atoms with Crippen molar-refractivity contribution < 1.29 is 16.5 Å². The Morgan fingerprint density at radius 2 is 0.741 bits per heavy atom. The maximum absolute atomic E-state index is 6.56. The standard InChI is InChI=1S/C16H46N2O4Si5/c1-23(2,15-11-13-17)19-25(5,6)21-27(9,10)22-26(7,8)20-24(3,4)16-12-14-18/h11-18H2,1-10H3. The van der Waals surface area contributed by atoms with Crippen molar-refractivity contribution in [3.05, 3.63) is 0 Å². The molecule has 0 atom stereocenters. The molecule has 0 rings (SSSR count). The maximum atomic E-state index is 6.56.